The quantitative estimate of drug-likeness (QED) is 0.885. The van der Waals surface area contributed by atoms with Gasteiger partial charge in [0.15, 0.2) is 6.10 Å². The van der Waals surface area contributed by atoms with E-state index in [1.165, 1.54) is 0 Å². The van der Waals surface area contributed by atoms with Gasteiger partial charge >= 0.3 is 0 Å². The molecule has 2 aromatic carbocycles. The summed E-state index contributed by atoms with van der Waals surface area (Å²) in [5.41, 5.74) is 2.98. The monoisotopic (exact) mass is 347 g/mol. The van der Waals surface area contributed by atoms with Crippen molar-refractivity contribution in [3.8, 4) is 5.75 Å². The Morgan fingerprint density at radius 1 is 1.10 bits per heavy atom. The lowest BCUT2D eigenvalue weighted by molar-refractivity contribution is -0.122. The van der Waals surface area contributed by atoms with Crippen molar-refractivity contribution in [3.63, 3.8) is 0 Å². The normalized spacial score (nSPS) is 11.8. The van der Waals surface area contributed by atoms with E-state index in [0.717, 1.165) is 21.3 Å². The molecule has 1 N–H and O–H groups in total. The van der Waals surface area contributed by atoms with Gasteiger partial charge in [0.2, 0.25) is 0 Å². The predicted molar refractivity (Wildman–Crippen MR) is 88.8 cm³/mol. The Balaban J connectivity index is 2.00. The lowest BCUT2D eigenvalue weighted by Gasteiger charge is -2.15. The largest absolute Gasteiger partial charge is 0.481 e. The number of ether oxygens (including phenoxy) is 1. The third-order valence-corrected chi connectivity index (χ3v) is 3.52. The van der Waals surface area contributed by atoms with Gasteiger partial charge in [-0.3, -0.25) is 4.79 Å². The van der Waals surface area contributed by atoms with Gasteiger partial charge in [0.25, 0.3) is 5.91 Å². The third kappa shape index (κ3) is 4.60. The van der Waals surface area contributed by atoms with Crippen LogP contribution in [0.1, 0.15) is 18.1 Å². The van der Waals surface area contributed by atoms with Crippen LogP contribution in [0.25, 0.3) is 0 Å². The van der Waals surface area contributed by atoms with Crippen LogP contribution in [0.5, 0.6) is 5.75 Å². The summed E-state index contributed by atoms with van der Waals surface area (Å²) in [4.78, 5) is 12.1. The van der Waals surface area contributed by atoms with Gasteiger partial charge in [-0.25, -0.2) is 0 Å². The first kappa shape index (κ1) is 15.6. The first-order chi connectivity index (χ1) is 9.94. The van der Waals surface area contributed by atoms with Crippen molar-refractivity contribution in [1.29, 1.82) is 0 Å². The number of aryl methyl sites for hydroxylation is 2. The highest BCUT2D eigenvalue weighted by Gasteiger charge is 2.15. The summed E-state index contributed by atoms with van der Waals surface area (Å²) in [7, 11) is 0. The highest BCUT2D eigenvalue weighted by molar-refractivity contribution is 9.10. The van der Waals surface area contributed by atoms with Gasteiger partial charge in [0, 0.05) is 10.2 Å². The first-order valence-corrected chi connectivity index (χ1v) is 7.55. The Kier molecular flexibility index (Phi) is 5.02. The molecule has 0 saturated carbocycles. The number of benzene rings is 2. The minimum Gasteiger partial charge on any atom is -0.481 e. The van der Waals surface area contributed by atoms with Gasteiger partial charge in [-0.2, -0.15) is 0 Å². The number of nitrogens with one attached hydrogen (secondary N) is 1. The van der Waals surface area contributed by atoms with Crippen LogP contribution in [0.2, 0.25) is 0 Å². The van der Waals surface area contributed by atoms with Crippen molar-refractivity contribution in [2.75, 3.05) is 5.32 Å². The molecule has 21 heavy (non-hydrogen) atoms. The van der Waals surface area contributed by atoms with Gasteiger partial charge in [-0.15, -0.1) is 0 Å². The third-order valence-electron chi connectivity index (χ3n) is 2.99. The highest BCUT2D eigenvalue weighted by Crippen LogP contribution is 2.19. The van der Waals surface area contributed by atoms with Crippen molar-refractivity contribution < 1.29 is 9.53 Å². The maximum atomic E-state index is 12.1. The summed E-state index contributed by atoms with van der Waals surface area (Å²) >= 11 is 3.36. The molecule has 1 atom stereocenters. The fourth-order valence-electron chi connectivity index (χ4n) is 2.04. The molecule has 2 rings (SSSR count). The van der Waals surface area contributed by atoms with Gasteiger partial charge in [0.1, 0.15) is 5.75 Å². The molecule has 110 valence electrons. The average molecular weight is 348 g/mol. The minimum atomic E-state index is -0.560. The lowest BCUT2D eigenvalue weighted by Crippen LogP contribution is -2.30. The zero-order valence-electron chi connectivity index (χ0n) is 12.3. The molecule has 0 aliphatic rings. The minimum absolute atomic E-state index is 0.170. The topological polar surface area (TPSA) is 38.3 Å². The highest BCUT2D eigenvalue weighted by atomic mass is 79.9. The van der Waals surface area contributed by atoms with Gasteiger partial charge in [-0.1, -0.05) is 22.0 Å². The molecule has 0 fully saturated rings. The maximum Gasteiger partial charge on any atom is 0.265 e. The molecule has 0 spiro atoms. The summed E-state index contributed by atoms with van der Waals surface area (Å²) in [6, 6.07) is 13.4. The second kappa shape index (κ2) is 6.76. The molecule has 3 nitrogen and oxygen atoms in total. The molecule has 0 aromatic heterocycles. The molecule has 0 bridgehead atoms. The first-order valence-electron chi connectivity index (χ1n) is 6.75. The number of carbonyl (C=O) groups is 1. The van der Waals surface area contributed by atoms with E-state index in [1.807, 2.05) is 50.2 Å². The van der Waals surface area contributed by atoms with Gasteiger partial charge in [0.05, 0.1) is 0 Å². The number of hydrogen-bond donors (Lipinski definition) is 1. The van der Waals surface area contributed by atoms with Crippen LogP contribution in [0.3, 0.4) is 0 Å². The molecule has 4 heteroatoms. The lowest BCUT2D eigenvalue weighted by atomic mass is 10.1. The van der Waals surface area contributed by atoms with Crippen LogP contribution in [-0.4, -0.2) is 12.0 Å². The SMILES string of the molecule is Cc1cc(C)cc(O[C@H](C)C(=O)Nc2ccc(Br)cc2)c1. The van der Waals surface area contributed by atoms with Crippen LogP contribution in [0, 0.1) is 13.8 Å². The molecule has 0 radical (unpaired) electrons. The molecule has 1 amide bonds. The summed E-state index contributed by atoms with van der Waals surface area (Å²) in [5, 5.41) is 2.83. The van der Waals surface area contributed by atoms with Crippen molar-refractivity contribution in [3.05, 3.63) is 58.1 Å². The van der Waals surface area contributed by atoms with E-state index in [0.29, 0.717) is 5.75 Å². The van der Waals surface area contributed by atoms with E-state index >= 15 is 0 Å². The van der Waals surface area contributed by atoms with Crippen LogP contribution in [0.4, 0.5) is 5.69 Å². The van der Waals surface area contributed by atoms with E-state index in [4.69, 9.17) is 4.74 Å². The van der Waals surface area contributed by atoms with E-state index in [-0.39, 0.29) is 5.91 Å². The Hall–Kier alpha value is -1.81. The van der Waals surface area contributed by atoms with Gasteiger partial charge in [-0.05, 0) is 68.3 Å². The van der Waals surface area contributed by atoms with E-state index in [2.05, 4.69) is 27.3 Å². The number of amides is 1. The molecular formula is C17H18BrNO2. The van der Waals surface area contributed by atoms with E-state index < -0.39 is 6.10 Å². The van der Waals surface area contributed by atoms with Crippen LogP contribution < -0.4 is 10.1 Å². The van der Waals surface area contributed by atoms with Crippen molar-refractivity contribution >= 4 is 27.5 Å². The molecule has 0 unspecified atom stereocenters. The molecule has 0 heterocycles. The zero-order valence-corrected chi connectivity index (χ0v) is 13.9. The Labute approximate surface area is 133 Å². The summed E-state index contributed by atoms with van der Waals surface area (Å²) in [6.45, 7) is 5.75. The zero-order chi connectivity index (χ0) is 15.4. The second-order valence-electron chi connectivity index (χ2n) is 5.08. The van der Waals surface area contributed by atoms with E-state index in [1.54, 1.807) is 6.92 Å². The number of anilines is 1. The number of rotatable bonds is 4. The van der Waals surface area contributed by atoms with Crippen molar-refractivity contribution in [1.82, 2.24) is 0 Å². The fraction of sp³-hybridized carbons (Fsp3) is 0.235. The van der Waals surface area contributed by atoms with Crippen LogP contribution in [-0.2, 0) is 4.79 Å². The Morgan fingerprint density at radius 3 is 2.24 bits per heavy atom. The average Bonchev–Trinajstić information content (AvgIpc) is 2.40. The fourth-order valence-corrected chi connectivity index (χ4v) is 2.30. The molecular weight excluding hydrogens is 330 g/mol. The smallest absolute Gasteiger partial charge is 0.265 e. The number of halogens is 1. The Bertz CT molecular complexity index is 617. The van der Waals surface area contributed by atoms with Crippen molar-refractivity contribution in [2.24, 2.45) is 0 Å². The van der Waals surface area contributed by atoms with Gasteiger partial charge < -0.3 is 10.1 Å². The molecule has 2 aromatic rings. The second-order valence-corrected chi connectivity index (χ2v) is 6.00. The maximum absolute atomic E-state index is 12.1. The Morgan fingerprint density at radius 2 is 1.67 bits per heavy atom. The summed E-state index contributed by atoms with van der Waals surface area (Å²) in [5.74, 6) is 0.544. The predicted octanol–water partition coefficient (Wildman–Crippen LogP) is 4.47. The number of carbonyl (C=O) groups excluding carboxylic acids is 1. The summed E-state index contributed by atoms with van der Waals surface area (Å²) < 4.78 is 6.68. The van der Waals surface area contributed by atoms with Crippen LogP contribution >= 0.6 is 15.9 Å². The molecule has 0 aliphatic carbocycles. The number of hydrogen-bond acceptors (Lipinski definition) is 2. The van der Waals surface area contributed by atoms with Crippen LogP contribution in [0.15, 0.2) is 46.9 Å². The summed E-state index contributed by atoms with van der Waals surface area (Å²) in [6.07, 6.45) is -0.560. The molecule has 0 saturated heterocycles. The molecule has 0 aliphatic heterocycles. The van der Waals surface area contributed by atoms with E-state index in [9.17, 15) is 4.79 Å². The van der Waals surface area contributed by atoms with Crippen molar-refractivity contribution in [2.45, 2.75) is 26.9 Å². The standard InChI is InChI=1S/C17H18BrNO2/c1-11-8-12(2)10-16(9-11)21-13(3)17(20)19-15-6-4-14(18)5-7-15/h4-10,13H,1-3H3,(H,19,20)/t13-/m1/s1.